The molecular weight excluding hydrogens is 192 g/mol. The minimum atomic E-state index is 0.190. The third-order valence-corrected chi connectivity index (χ3v) is 2.48. The van der Waals surface area contributed by atoms with E-state index in [-0.39, 0.29) is 6.10 Å². The summed E-state index contributed by atoms with van der Waals surface area (Å²) in [4.78, 5) is 8.64. The summed E-state index contributed by atoms with van der Waals surface area (Å²) >= 11 is 0. The summed E-state index contributed by atoms with van der Waals surface area (Å²) in [7, 11) is 1.61. The fraction of sp³-hybridized carbons (Fsp3) is 0.273. The van der Waals surface area contributed by atoms with E-state index in [1.807, 2.05) is 18.2 Å². The first-order valence-corrected chi connectivity index (χ1v) is 4.80. The van der Waals surface area contributed by atoms with Crippen molar-refractivity contribution in [1.29, 1.82) is 0 Å². The Balaban J connectivity index is 2.25. The molecule has 3 rings (SSSR count). The molecule has 0 bridgehead atoms. The molecule has 0 saturated carbocycles. The van der Waals surface area contributed by atoms with Gasteiger partial charge in [0.2, 0.25) is 5.88 Å². The number of methoxy groups -OCH3 is 1. The Morgan fingerprint density at radius 2 is 2.27 bits per heavy atom. The lowest BCUT2D eigenvalue weighted by Gasteiger charge is -2.04. The quantitative estimate of drug-likeness (QED) is 0.695. The largest absolute Gasteiger partial charge is 0.481 e. The SMILES string of the molecule is COc1ccc2nccc(C3CO3)c2n1. The molecule has 2 aromatic rings. The Morgan fingerprint density at radius 3 is 3.00 bits per heavy atom. The van der Waals surface area contributed by atoms with Crippen LogP contribution in [0.4, 0.5) is 0 Å². The van der Waals surface area contributed by atoms with Crippen LogP contribution in [0.25, 0.3) is 11.0 Å². The van der Waals surface area contributed by atoms with Crippen molar-refractivity contribution in [3.05, 3.63) is 30.0 Å². The zero-order valence-corrected chi connectivity index (χ0v) is 8.30. The Kier molecular flexibility index (Phi) is 1.82. The van der Waals surface area contributed by atoms with Gasteiger partial charge in [0.1, 0.15) is 6.10 Å². The number of nitrogens with zero attached hydrogens (tertiary/aromatic N) is 2. The van der Waals surface area contributed by atoms with Crippen LogP contribution in [0.1, 0.15) is 11.7 Å². The van der Waals surface area contributed by atoms with Crippen molar-refractivity contribution in [2.45, 2.75) is 6.10 Å². The normalized spacial score (nSPS) is 19.1. The standard InChI is InChI=1S/C11H10N2O2/c1-14-10-3-2-8-11(13-10)7(4-5-12-8)9-6-15-9/h2-5,9H,6H2,1H3. The number of rotatable bonds is 2. The highest BCUT2D eigenvalue weighted by molar-refractivity contribution is 5.78. The average Bonchev–Trinajstić information content (AvgIpc) is 3.11. The Bertz CT molecular complexity index is 509. The van der Waals surface area contributed by atoms with E-state index in [1.165, 1.54) is 0 Å². The highest BCUT2D eigenvalue weighted by Gasteiger charge is 2.27. The highest BCUT2D eigenvalue weighted by atomic mass is 16.6. The van der Waals surface area contributed by atoms with Crippen LogP contribution in [0, 0.1) is 0 Å². The van der Waals surface area contributed by atoms with Gasteiger partial charge in [0.15, 0.2) is 0 Å². The van der Waals surface area contributed by atoms with Gasteiger partial charge in [-0.3, -0.25) is 4.98 Å². The molecule has 1 aliphatic heterocycles. The van der Waals surface area contributed by atoms with Gasteiger partial charge in [0.25, 0.3) is 0 Å². The van der Waals surface area contributed by atoms with Gasteiger partial charge < -0.3 is 9.47 Å². The number of ether oxygens (including phenoxy) is 2. The van der Waals surface area contributed by atoms with Gasteiger partial charge in [-0.2, -0.15) is 0 Å². The molecule has 4 nitrogen and oxygen atoms in total. The summed E-state index contributed by atoms with van der Waals surface area (Å²) in [5, 5.41) is 0. The summed E-state index contributed by atoms with van der Waals surface area (Å²) in [6.07, 6.45) is 1.98. The minimum absolute atomic E-state index is 0.190. The lowest BCUT2D eigenvalue weighted by Crippen LogP contribution is -1.93. The van der Waals surface area contributed by atoms with Gasteiger partial charge in [-0.05, 0) is 12.1 Å². The molecule has 1 atom stereocenters. The molecule has 1 unspecified atom stereocenters. The molecule has 1 aliphatic rings. The summed E-state index contributed by atoms with van der Waals surface area (Å²) in [5.41, 5.74) is 2.85. The molecule has 3 heterocycles. The van der Waals surface area contributed by atoms with E-state index in [9.17, 15) is 0 Å². The fourth-order valence-corrected chi connectivity index (χ4v) is 1.63. The maximum absolute atomic E-state index is 5.27. The van der Waals surface area contributed by atoms with Gasteiger partial charge >= 0.3 is 0 Å². The zero-order chi connectivity index (χ0) is 10.3. The number of hydrogen-bond donors (Lipinski definition) is 0. The second-order valence-electron chi connectivity index (χ2n) is 3.44. The lowest BCUT2D eigenvalue weighted by atomic mass is 10.1. The van der Waals surface area contributed by atoms with Gasteiger partial charge in [-0.15, -0.1) is 0 Å². The molecule has 1 fully saturated rings. The maximum Gasteiger partial charge on any atom is 0.213 e. The van der Waals surface area contributed by atoms with Crippen molar-refractivity contribution in [1.82, 2.24) is 9.97 Å². The van der Waals surface area contributed by atoms with Crippen molar-refractivity contribution < 1.29 is 9.47 Å². The van der Waals surface area contributed by atoms with Crippen LogP contribution in [0.3, 0.4) is 0 Å². The van der Waals surface area contributed by atoms with Crippen LogP contribution in [0.15, 0.2) is 24.4 Å². The van der Waals surface area contributed by atoms with Crippen molar-refractivity contribution in [3.8, 4) is 5.88 Å². The topological polar surface area (TPSA) is 47.5 Å². The average molecular weight is 202 g/mol. The van der Waals surface area contributed by atoms with E-state index in [4.69, 9.17) is 9.47 Å². The molecule has 0 spiro atoms. The molecule has 76 valence electrons. The third kappa shape index (κ3) is 1.43. The molecule has 0 amide bonds. The highest BCUT2D eigenvalue weighted by Crippen LogP contribution is 2.33. The first-order chi connectivity index (χ1) is 7.38. The Labute approximate surface area is 86.9 Å². The van der Waals surface area contributed by atoms with Crippen molar-refractivity contribution in [2.75, 3.05) is 13.7 Å². The van der Waals surface area contributed by atoms with Gasteiger partial charge in [0.05, 0.1) is 24.8 Å². The van der Waals surface area contributed by atoms with E-state index in [0.717, 1.165) is 23.2 Å². The smallest absolute Gasteiger partial charge is 0.213 e. The van der Waals surface area contributed by atoms with E-state index in [1.54, 1.807) is 13.3 Å². The number of epoxide rings is 1. The number of aromatic nitrogens is 2. The monoisotopic (exact) mass is 202 g/mol. The molecule has 1 saturated heterocycles. The lowest BCUT2D eigenvalue weighted by molar-refractivity contribution is 0.398. The summed E-state index contributed by atoms with van der Waals surface area (Å²) < 4.78 is 10.4. The third-order valence-electron chi connectivity index (χ3n) is 2.48. The van der Waals surface area contributed by atoms with E-state index in [2.05, 4.69) is 9.97 Å². The predicted molar refractivity (Wildman–Crippen MR) is 54.8 cm³/mol. The number of pyridine rings is 2. The van der Waals surface area contributed by atoms with Crippen LogP contribution in [-0.4, -0.2) is 23.7 Å². The van der Waals surface area contributed by atoms with Crippen LogP contribution in [0.5, 0.6) is 5.88 Å². The second-order valence-corrected chi connectivity index (χ2v) is 3.44. The summed E-state index contributed by atoms with van der Waals surface area (Å²) in [6, 6.07) is 5.67. The Morgan fingerprint density at radius 1 is 1.40 bits per heavy atom. The van der Waals surface area contributed by atoms with Crippen LogP contribution >= 0.6 is 0 Å². The van der Waals surface area contributed by atoms with Gasteiger partial charge in [-0.25, -0.2) is 4.98 Å². The number of fused-ring (bicyclic) bond motifs is 1. The molecule has 0 radical (unpaired) electrons. The predicted octanol–water partition coefficient (Wildman–Crippen LogP) is 1.71. The first-order valence-electron chi connectivity index (χ1n) is 4.80. The fourth-order valence-electron chi connectivity index (χ4n) is 1.63. The summed E-state index contributed by atoms with van der Waals surface area (Å²) in [5.74, 6) is 0.609. The van der Waals surface area contributed by atoms with E-state index in [0.29, 0.717) is 5.88 Å². The molecule has 4 heteroatoms. The molecule has 0 N–H and O–H groups in total. The Hall–Kier alpha value is -1.68. The zero-order valence-electron chi connectivity index (χ0n) is 8.30. The van der Waals surface area contributed by atoms with Gasteiger partial charge in [-0.1, -0.05) is 0 Å². The summed E-state index contributed by atoms with van der Waals surface area (Å²) in [6.45, 7) is 0.776. The second kappa shape index (κ2) is 3.17. The van der Waals surface area contributed by atoms with E-state index < -0.39 is 0 Å². The molecular formula is C11H10N2O2. The molecule has 15 heavy (non-hydrogen) atoms. The first kappa shape index (κ1) is 8.61. The van der Waals surface area contributed by atoms with Crippen LogP contribution in [-0.2, 0) is 4.74 Å². The van der Waals surface area contributed by atoms with Crippen LogP contribution < -0.4 is 4.74 Å². The minimum Gasteiger partial charge on any atom is -0.481 e. The van der Waals surface area contributed by atoms with Crippen LogP contribution in [0.2, 0.25) is 0 Å². The maximum atomic E-state index is 5.27. The molecule has 0 aliphatic carbocycles. The van der Waals surface area contributed by atoms with Crippen molar-refractivity contribution >= 4 is 11.0 Å². The van der Waals surface area contributed by atoms with Gasteiger partial charge in [0, 0.05) is 17.8 Å². The molecule has 2 aromatic heterocycles. The number of hydrogen-bond acceptors (Lipinski definition) is 4. The van der Waals surface area contributed by atoms with Crippen molar-refractivity contribution in [3.63, 3.8) is 0 Å². The molecule has 0 aromatic carbocycles. The van der Waals surface area contributed by atoms with E-state index >= 15 is 0 Å². The van der Waals surface area contributed by atoms with Crippen molar-refractivity contribution in [2.24, 2.45) is 0 Å².